The highest BCUT2D eigenvalue weighted by molar-refractivity contribution is 7.14. The van der Waals surface area contributed by atoms with Gasteiger partial charge in [0.15, 0.2) is 5.13 Å². The van der Waals surface area contributed by atoms with Crippen LogP contribution in [0, 0.1) is 6.92 Å². The molecule has 36 heavy (non-hydrogen) atoms. The van der Waals surface area contributed by atoms with E-state index < -0.39 is 5.60 Å². The number of rotatable bonds is 5. The van der Waals surface area contributed by atoms with Crippen LogP contribution in [0.4, 0.5) is 10.9 Å². The first kappa shape index (κ1) is 23.2. The van der Waals surface area contributed by atoms with Gasteiger partial charge in [-0.05, 0) is 65.0 Å². The van der Waals surface area contributed by atoms with Crippen LogP contribution in [-0.2, 0) is 12.8 Å². The number of pyridine rings is 1. The van der Waals surface area contributed by atoms with Gasteiger partial charge in [-0.1, -0.05) is 0 Å². The van der Waals surface area contributed by atoms with E-state index in [9.17, 15) is 5.11 Å². The summed E-state index contributed by atoms with van der Waals surface area (Å²) in [4.78, 5) is 16.4. The minimum atomic E-state index is -0.848. The van der Waals surface area contributed by atoms with Gasteiger partial charge in [0.05, 0.1) is 42.2 Å². The monoisotopic (exact) mass is 505 g/mol. The van der Waals surface area contributed by atoms with Crippen LogP contribution in [0.2, 0.25) is 0 Å². The number of hydrogen-bond donors (Lipinski definition) is 1. The Bertz CT molecular complexity index is 1410. The van der Waals surface area contributed by atoms with Crippen LogP contribution in [0.25, 0.3) is 17.1 Å². The second kappa shape index (κ2) is 8.70. The maximum atomic E-state index is 10.9. The number of anilines is 2. The molecule has 0 aromatic carbocycles. The Labute approximate surface area is 214 Å². The molecule has 1 aliphatic carbocycles. The van der Waals surface area contributed by atoms with E-state index in [0.717, 1.165) is 59.5 Å². The molecule has 1 atom stereocenters. The van der Waals surface area contributed by atoms with Crippen molar-refractivity contribution in [1.29, 1.82) is 0 Å². The number of thiazole rings is 1. The summed E-state index contributed by atoms with van der Waals surface area (Å²) in [7, 11) is 1.63. The third-order valence-electron chi connectivity index (χ3n) is 7.16. The number of fused-ring (bicyclic) bond motifs is 3. The normalized spacial score (nSPS) is 17.7. The average Bonchev–Trinajstić information content (AvgIpc) is 3.60. The van der Waals surface area contributed by atoms with Crippen LogP contribution in [0.1, 0.15) is 56.1 Å². The first-order valence-electron chi connectivity index (χ1n) is 12.5. The molecule has 5 heterocycles. The van der Waals surface area contributed by atoms with Crippen molar-refractivity contribution in [3.8, 4) is 23.0 Å². The molecule has 10 heteroatoms. The van der Waals surface area contributed by atoms with Gasteiger partial charge in [-0.2, -0.15) is 5.10 Å². The fraction of sp³-hybridized carbons (Fsp3) is 0.462. The number of methoxy groups -OCH3 is 1. The zero-order chi connectivity index (χ0) is 25.0. The molecule has 0 radical (unpaired) electrons. The lowest BCUT2D eigenvalue weighted by atomic mass is 9.93. The molecule has 0 bridgehead atoms. The van der Waals surface area contributed by atoms with Gasteiger partial charge in [0, 0.05) is 23.7 Å². The zero-order valence-corrected chi connectivity index (χ0v) is 21.9. The first-order chi connectivity index (χ1) is 17.3. The highest BCUT2D eigenvalue weighted by Gasteiger charge is 2.39. The Morgan fingerprint density at radius 2 is 1.97 bits per heavy atom. The Hall–Kier alpha value is -3.24. The molecule has 6 rings (SSSR count). The molecule has 4 aromatic rings. The second-order valence-corrected chi connectivity index (χ2v) is 11.0. The third kappa shape index (κ3) is 3.88. The largest absolute Gasteiger partial charge is 0.479 e. The van der Waals surface area contributed by atoms with Crippen LogP contribution in [0.5, 0.6) is 5.88 Å². The Kier molecular flexibility index (Phi) is 5.60. The summed E-state index contributed by atoms with van der Waals surface area (Å²) in [5.74, 6) is 1.62. The molecule has 188 valence electrons. The predicted octanol–water partition coefficient (Wildman–Crippen LogP) is 4.64. The number of nitrogens with zero attached hydrogens (tertiary/aromatic N) is 7. The SMILES string of the molecule is COc1nc(-c2csc(N3CCC(C(C)(C)O)n4nc5c(c43)CCCC5)n2)ccc1-n1cnc(C)c1. The summed E-state index contributed by atoms with van der Waals surface area (Å²) in [6.07, 6.45) is 8.86. The highest BCUT2D eigenvalue weighted by atomic mass is 32.1. The Morgan fingerprint density at radius 1 is 1.14 bits per heavy atom. The van der Waals surface area contributed by atoms with Gasteiger partial charge >= 0.3 is 0 Å². The van der Waals surface area contributed by atoms with E-state index in [0.29, 0.717) is 5.88 Å². The summed E-state index contributed by atoms with van der Waals surface area (Å²) >= 11 is 1.61. The van der Waals surface area contributed by atoms with Crippen LogP contribution in [-0.4, -0.2) is 53.7 Å². The molecule has 0 amide bonds. The predicted molar refractivity (Wildman–Crippen MR) is 140 cm³/mol. The lowest BCUT2D eigenvalue weighted by Crippen LogP contribution is -2.41. The van der Waals surface area contributed by atoms with Crippen LogP contribution in [0.15, 0.2) is 30.0 Å². The van der Waals surface area contributed by atoms with Crippen LogP contribution in [0.3, 0.4) is 0 Å². The molecule has 0 saturated carbocycles. The minimum absolute atomic E-state index is 0.0564. The van der Waals surface area contributed by atoms with Crippen molar-refractivity contribution in [2.75, 3.05) is 18.6 Å². The van der Waals surface area contributed by atoms with Crippen molar-refractivity contribution in [3.63, 3.8) is 0 Å². The van der Waals surface area contributed by atoms with Crippen molar-refractivity contribution < 1.29 is 9.84 Å². The van der Waals surface area contributed by atoms with E-state index in [-0.39, 0.29) is 6.04 Å². The topological polar surface area (TPSA) is 94.1 Å². The van der Waals surface area contributed by atoms with Crippen LogP contribution >= 0.6 is 11.3 Å². The number of ether oxygens (including phenoxy) is 1. The van der Waals surface area contributed by atoms with Crippen molar-refractivity contribution in [3.05, 3.63) is 47.0 Å². The number of aliphatic hydroxyl groups is 1. The summed E-state index contributed by atoms with van der Waals surface area (Å²) in [6, 6.07) is 3.90. The lowest BCUT2D eigenvalue weighted by Gasteiger charge is -2.39. The molecule has 2 aliphatic rings. The summed E-state index contributed by atoms with van der Waals surface area (Å²) in [5.41, 5.74) is 4.97. The molecule has 0 spiro atoms. The van der Waals surface area contributed by atoms with Crippen LogP contribution < -0.4 is 9.64 Å². The first-order valence-corrected chi connectivity index (χ1v) is 13.3. The molecule has 9 nitrogen and oxygen atoms in total. The number of aromatic nitrogens is 6. The molecule has 4 aromatic heterocycles. The summed E-state index contributed by atoms with van der Waals surface area (Å²) in [6.45, 7) is 6.50. The average molecular weight is 506 g/mol. The van der Waals surface area contributed by atoms with E-state index in [1.807, 2.05) is 49.0 Å². The smallest absolute Gasteiger partial charge is 0.238 e. The zero-order valence-electron chi connectivity index (χ0n) is 21.1. The second-order valence-electron chi connectivity index (χ2n) is 10.2. The molecular weight excluding hydrogens is 474 g/mol. The van der Waals surface area contributed by atoms with E-state index >= 15 is 0 Å². The van der Waals surface area contributed by atoms with Crippen molar-refractivity contribution in [1.82, 2.24) is 29.3 Å². The maximum absolute atomic E-state index is 10.9. The van der Waals surface area contributed by atoms with E-state index in [4.69, 9.17) is 19.8 Å². The van der Waals surface area contributed by atoms with Crippen molar-refractivity contribution in [2.45, 2.75) is 64.5 Å². The Balaban J connectivity index is 1.37. The Morgan fingerprint density at radius 3 is 2.72 bits per heavy atom. The molecule has 0 saturated heterocycles. The van der Waals surface area contributed by atoms with Gasteiger partial charge in [0.1, 0.15) is 17.2 Å². The maximum Gasteiger partial charge on any atom is 0.238 e. The number of aryl methyl sites for hydroxylation is 2. The number of imidazole rings is 1. The van der Waals surface area contributed by atoms with Gasteiger partial charge in [-0.15, -0.1) is 11.3 Å². The van der Waals surface area contributed by atoms with E-state index in [1.165, 1.54) is 24.1 Å². The molecule has 1 aliphatic heterocycles. The van der Waals surface area contributed by atoms with E-state index in [2.05, 4.69) is 14.6 Å². The molecule has 0 fully saturated rings. The number of hydrogen-bond acceptors (Lipinski definition) is 8. The quantitative estimate of drug-likeness (QED) is 0.422. The lowest BCUT2D eigenvalue weighted by molar-refractivity contribution is 0.0130. The molecule has 1 N–H and O–H groups in total. The fourth-order valence-electron chi connectivity index (χ4n) is 5.36. The molecular formula is C26H31N7O2S. The summed E-state index contributed by atoms with van der Waals surface area (Å²) in [5, 5.41) is 18.9. The fourth-order valence-corrected chi connectivity index (χ4v) is 6.21. The minimum Gasteiger partial charge on any atom is -0.479 e. The highest BCUT2D eigenvalue weighted by Crippen LogP contribution is 2.44. The van der Waals surface area contributed by atoms with Gasteiger partial charge < -0.3 is 19.3 Å². The van der Waals surface area contributed by atoms with E-state index in [1.54, 1.807) is 24.8 Å². The van der Waals surface area contributed by atoms with Crippen molar-refractivity contribution in [2.24, 2.45) is 0 Å². The molecule has 1 unspecified atom stereocenters. The standard InChI is InChI=1S/C26H31N7O2S/c1-16-13-31(15-27-16)21-10-9-19(28-23(21)35-4)20-14-36-25(29-20)32-12-11-22(26(2,3)34)33-24(32)17-7-5-6-8-18(17)30-33/h9-10,13-15,22,34H,5-8,11-12H2,1-4H3. The summed E-state index contributed by atoms with van der Waals surface area (Å²) < 4.78 is 9.59. The van der Waals surface area contributed by atoms with Crippen molar-refractivity contribution >= 4 is 22.3 Å². The van der Waals surface area contributed by atoms with Gasteiger partial charge in [0.2, 0.25) is 5.88 Å². The van der Waals surface area contributed by atoms with Gasteiger partial charge in [0.25, 0.3) is 0 Å². The third-order valence-corrected chi connectivity index (χ3v) is 8.02. The van der Waals surface area contributed by atoms with Gasteiger partial charge in [-0.3, -0.25) is 0 Å². The van der Waals surface area contributed by atoms with Gasteiger partial charge in [-0.25, -0.2) is 19.6 Å².